The molecule has 0 spiro atoms. The average Bonchev–Trinajstić information content (AvgIpc) is 2.68. The Bertz CT molecular complexity index is 690. The Morgan fingerprint density at radius 3 is 1.46 bits per heavy atom. The summed E-state index contributed by atoms with van der Waals surface area (Å²) in [6, 6.07) is 19.3. The maximum Gasteiger partial charge on any atom is 0.312 e. The van der Waals surface area contributed by atoms with E-state index in [2.05, 4.69) is 13.2 Å². The van der Waals surface area contributed by atoms with Crippen molar-refractivity contribution in [2.24, 2.45) is 0 Å². The molecule has 0 atom stereocenters. The van der Waals surface area contributed by atoms with Gasteiger partial charge in [-0.15, -0.1) is 13.2 Å². The van der Waals surface area contributed by atoms with Crippen molar-refractivity contribution < 1.29 is 9.59 Å². The van der Waals surface area contributed by atoms with Crippen molar-refractivity contribution in [3.8, 4) is 0 Å². The summed E-state index contributed by atoms with van der Waals surface area (Å²) >= 11 is 0. The van der Waals surface area contributed by atoms with Gasteiger partial charge in [-0.05, 0) is 11.1 Å². The lowest BCUT2D eigenvalue weighted by molar-refractivity contribution is -0.152. The second-order valence-electron chi connectivity index (χ2n) is 5.92. The van der Waals surface area contributed by atoms with E-state index in [1.165, 1.54) is 4.90 Å². The number of rotatable bonds is 8. The van der Waals surface area contributed by atoms with E-state index in [-0.39, 0.29) is 0 Å². The molecule has 0 saturated carbocycles. The largest absolute Gasteiger partial charge is 0.327 e. The average molecular weight is 348 g/mol. The van der Waals surface area contributed by atoms with E-state index in [0.717, 1.165) is 11.1 Å². The molecular formula is C22H24N2O2. The lowest BCUT2D eigenvalue weighted by Crippen LogP contribution is -2.45. The van der Waals surface area contributed by atoms with Crippen LogP contribution in [0.1, 0.15) is 11.1 Å². The lowest BCUT2D eigenvalue weighted by atomic mass is 10.1. The minimum Gasteiger partial charge on any atom is -0.327 e. The Kier molecular flexibility index (Phi) is 7.37. The zero-order valence-electron chi connectivity index (χ0n) is 14.9. The van der Waals surface area contributed by atoms with E-state index in [0.29, 0.717) is 26.2 Å². The molecule has 4 nitrogen and oxygen atoms in total. The van der Waals surface area contributed by atoms with E-state index in [4.69, 9.17) is 0 Å². The third kappa shape index (κ3) is 5.45. The van der Waals surface area contributed by atoms with Crippen molar-refractivity contribution in [2.45, 2.75) is 13.1 Å². The Hall–Kier alpha value is -3.14. The van der Waals surface area contributed by atoms with E-state index in [1.807, 2.05) is 60.7 Å². The molecule has 4 heteroatoms. The molecule has 2 aromatic carbocycles. The summed E-state index contributed by atoms with van der Waals surface area (Å²) in [6.07, 6.45) is 3.21. The molecule has 0 aliphatic heterocycles. The molecular weight excluding hydrogens is 324 g/mol. The number of carbonyl (C=O) groups is 2. The first-order valence-corrected chi connectivity index (χ1v) is 8.53. The summed E-state index contributed by atoms with van der Waals surface area (Å²) in [6.45, 7) is 8.66. The maximum absolute atomic E-state index is 12.9. The zero-order valence-corrected chi connectivity index (χ0v) is 14.9. The fourth-order valence-electron chi connectivity index (χ4n) is 2.63. The van der Waals surface area contributed by atoms with Crippen LogP contribution in [-0.4, -0.2) is 34.7 Å². The summed E-state index contributed by atoms with van der Waals surface area (Å²) in [5.74, 6) is -1.07. The van der Waals surface area contributed by atoms with Crippen LogP contribution in [0.5, 0.6) is 0 Å². The number of carbonyl (C=O) groups excluding carboxylic acids is 2. The highest BCUT2D eigenvalue weighted by Crippen LogP contribution is 2.11. The SMILES string of the molecule is C=CCN(CC=C)C(=O)C(=O)N(Cc1ccccc1)Cc1ccccc1. The molecule has 134 valence electrons. The van der Waals surface area contributed by atoms with Crippen LogP contribution in [0.4, 0.5) is 0 Å². The summed E-state index contributed by atoms with van der Waals surface area (Å²) in [5.41, 5.74) is 1.95. The fraction of sp³-hybridized carbons (Fsp3) is 0.182. The summed E-state index contributed by atoms with van der Waals surface area (Å²) in [7, 11) is 0. The highest BCUT2D eigenvalue weighted by Gasteiger charge is 2.26. The van der Waals surface area contributed by atoms with Gasteiger partial charge in [0.2, 0.25) is 0 Å². The van der Waals surface area contributed by atoms with Crippen molar-refractivity contribution in [2.75, 3.05) is 13.1 Å². The summed E-state index contributed by atoms with van der Waals surface area (Å²) < 4.78 is 0. The van der Waals surface area contributed by atoms with Gasteiger partial charge in [0.15, 0.2) is 0 Å². The summed E-state index contributed by atoms with van der Waals surface area (Å²) in [5, 5.41) is 0. The van der Waals surface area contributed by atoms with Crippen molar-refractivity contribution in [3.63, 3.8) is 0 Å². The molecule has 0 bridgehead atoms. The van der Waals surface area contributed by atoms with Crippen LogP contribution in [0.3, 0.4) is 0 Å². The Morgan fingerprint density at radius 2 is 1.08 bits per heavy atom. The lowest BCUT2D eigenvalue weighted by Gasteiger charge is -2.26. The first-order chi connectivity index (χ1) is 12.7. The fourth-order valence-corrected chi connectivity index (χ4v) is 2.63. The van der Waals surface area contributed by atoms with Gasteiger partial charge in [0.05, 0.1) is 0 Å². The van der Waals surface area contributed by atoms with Crippen LogP contribution in [0.25, 0.3) is 0 Å². The summed E-state index contributed by atoms with van der Waals surface area (Å²) in [4.78, 5) is 28.6. The molecule has 2 rings (SSSR count). The monoisotopic (exact) mass is 348 g/mol. The Labute approximate surface area is 155 Å². The van der Waals surface area contributed by atoms with Crippen molar-refractivity contribution in [1.82, 2.24) is 9.80 Å². The van der Waals surface area contributed by atoms with Crippen molar-refractivity contribution >= 4 is 11.8 Å². The Morgan fingerprint density at radius 1 is 0.692 bits per heavy atom. The number of nitrogens with zero attached hydrogens (tertiary/aromatic N) is 2. The van der Waals surface area contributed by atoms with E-state index < -0.39 is 11.8 Å². The van der Waals surface area contributed by atoms with Gasteiger partial charge in [-0.3, -0.25) is 9.59 Å². The third-order valence-electron chi connectivity index (χ3n) is 3.89. The molecule has 0 fully saturated rings. The van der Waals surface area contributed by atoms with Crippen molar-refractivity contribution in [1.29, 1.82) is 0 Å². The van der Waals surface area contributed by atoms with E-state index in [1.54, 1.807) is 17.1 Å². The second-order valence-corrected chi connectivity index (χ2v) is 5.92. The normalized spacial score (nSPS) is 10.0. The molecule has 26 heavy (non-hydrogen) atoms. The molecule has 0 unspecified atom stereocenters. The van der Waals surface area contributed by atoms with Crippen LogP contribution in [0.2, 0.25) is 0 Å². The Balaban J connectivity index is 2.23. The smallest absolute Gasteiger partial charge is 0.312 e. The van der Waals surface area contributed by atoms with Crippen LogP contribution in [0.15, 0.2) is 86.0 Å². The van der Waals surface area contributed by atoms with Gasteiger partial charge in [0.25, 0.3) is 0 Å². The van der Waals surface area contributed by atoms with Crippen LogP contribution in [-0.2, 0) is 22.7 Å². The molecule has 0 aromatic heterocycles. The molecule has 2 aromatic rings. The van der Waals surface area contributed by atoms with Gasteiger partial charge >= 0.3 is 11.8 Å². The van der Waals surface area contributed by atoms with Crippen LogP contribution < -0.4 is 0 Å². The van der Waals surface area contributed by atoms with Gasteiger partial charge in [-0.2, -0.15) is 0 Å². The van der Waals surface area contributed by atoms with Crippen LogP contribution in [0, 0.1) is 0 Å². The third-order valence-corrected chi connectivity index (χ3v) is 3.89. The molecule has 2 amide bonds. The highest BCUT2D eigenvalue weighted by atomic mass is 16.2. The quantitative estimate of drug-likeness (QED) is 0.542. The molecule has 0 aliphatic carbocycles. The molecule has 0 heterocycles. The minimum atomic E-state index is -0.545. The predicted octanol–water partition coefficient (Wildman–Crippen LogP) is 3.42. The van der Waals surface area contributed by atoms with Gasteiger partial charge in [-0.1, -0.05) is 72.8 Å². The standard InChI is InChI=1S/C22H24N2O2/c1-3-15-23(16-4-2)21(25)22(26)24(17-19-11-7-5-8-12-19)18-20-13-9-6-10-14-20/h3-14H,1-2,15-18H2. The van der Waals surface area contributed by atoms with E-state index >= 15 is 0 Å². The molecule has 0 aliphatic rings. The van der Waals surface area contributed by atoms with Gasteiger partial charge in [0, 0.05) is 26.2 Å². The number of amides is 2. The van der Waals surface area contributed by atoms with Crippen LogP contribution >= 0.6 is 0 Å². The van der Waals surface area contributed by atoms with Gasteiger partial charge in [-0.25, -0.2) is 0 Å². The zero-order chi connectivity index (χ0) is 18.8. The second kappa shape index (κ2) is 9.99. The number of hydrogen-bond acceptors (Lipinski definition) is 2. The number of hydrogen-bond donors (Lipinski definition) is 0. The first-order valence-electron chi connectivity index (χ1n) is 8.53. The van der Waals surface area contributed by atoms with Gasteiger partial charge < -0.3 is 9.80 Å². The molecule has 0 radical (unpaired) electrons. The van der Waals surface area contributed by atoms with Crippen molar-refractivity contribution in [3.05, 3.63) is 97.1 Å². The maximum atomic E-state index is 12.9. The highest BCUT2D eigenvalue weighted by molar-refractivity contribution is 6.34. The minimum absolute atomic E-state index is 0.307. The topological polar surface area (TPSA) is 40.6 Å². The van der Waals surface area contributed by atoms with E-state index in [9.17, 15) is 9.59 Å². The number of benzene rings is 2. The molecule has 0 N–H and O–H groups in total. The van der Waals surface area contributed by atoms with Gasteiger partial charge in [0.1, 0.15) is 0 Å². The predicted molar refractivity (Wildman–Crippen MR) is 104 cm³/mol. The first kappa shape index (κ1) is 19.2. The molecule has 0 saturated heterocycles.